The first-order chi connectivity index (χ1) is 10.1. The molecule has 4 heteroatoms. The van der Waals surface area contributed by atoms with Crippen molar-refractivity contribution in [2.24, 2.45) is 0 Å². The van der Waals surface area contributed by atoms with Crippen LogP contribution in [-0.2, 0) is 0 Å². The number of fused-ring (bicyclic) bond motifs is 1. The Hall–Kier alpha value is -1.13. The van der Waals surface area contributed by atoms with Crippen molar-refractivity contribution >= 4 is 23.3 Å². The summed E-state index contributed by atoms with van der Waals surface area (Å²) in [6.45, 7) is 12.3. The summed E-state index contributed by atoms with van der Waals surface area (Å²) in [6, 6.07) is 6.91. The predicted molar refractivity (Wildman–Crippen MR) is 93.6 cm³/mol. The lowest BCUT2D eigenvalue weighted by Gasteiger charge is -2.20. The fourth-order valence-electron chi connectivity index (χ4n) is 2.95. The van der Waals surface area contributed by atoms with Crippen molar-refractivity contribution in [1.29, 1.82) is 0 Å². The van der Waals surface area contributed by atoms with E-state index in [2.05, 4.69) is 60.3 Å². The molecule has 0 spiro atoms. The second kappa shape index (κ2) is 7.23. The minimum Gasteiger partial charge on any atom is -0.331 e. The molecular weight excluding hydrogens is 278 g/mol. The van der Waals surface area contributed by atoms with Crippen LogP contribution in [0, 0.1) is 11.7 Å². The Morgan fingerprint density at radius 3 is 2.67 bits per heavy atom. The highest BCUT2D eigenvalue weighted by atomic mass is 32.1. The SMILES string of the molecule is CCN(CC)CCCC(C)n1c(=S)[nH]c2ccc(C)cc21. The summed E-state index contributed by atoms with van der Waals surface area (Å²) in [6.07, 6.45) is 2.37. The van der Waals surface area contributed by atoms with Gasteiger partial charge in [0.25, 0.3) is 0 Å². The summed E-state index contributed by atoms with van der Waals surface area (Å²) in [5, 5.41) is 0. The average molecular weight is 305 g/mol. The zero-order valence-corrected chi connectivity index (χ0v) is 14.5. The molecule has 1 aromatic carbocycles. The van der Waals surface area contributed by atoms with Crippen LogP contribution in [0.5, 0.6) is 0 Å². The van der Waals surface area contributed by atoms with E-state index in [1.165, 1.54) is 24.0 Å². The standard InChI is InChI=1S/C17H27N3S/c1-5-19(6-2)11-7-8-14(4)20-16-12-13(3)9-10-15(16)18-17(20)21/h9-10,12,14H,5-8,11H2,1-4H3,(H,18,21). The van der Waals surface area contributed by atoms with E-state index in [4.69, 9.17) is 12.2 Å². The van der Waals surface area contributed by atoms with Gasteiger partial charge in [0.15, 0.2) is 4.77 Å². The molecule has 1 heterocycles. The maximum Gasteiger partial charge on any atom is 0.178 e. The predicted octanol–water partition coefficient (Wildman–Crippen LogP) is 4.69. The van der Waals surface area contributed by atoms with Gasteiger partial charge in [-0.25, -0.2) is 0 Å². The molecule has 0 aliphatic carbocycles. The Balaban J connectivity index is 2.12. The van der Waals surface area contributed by atoms with E-state index in [0.29, 0.717) is 6.04 Å². The first-order valence-electron chi connectivity index (χ1n) is 8.00. The lowest BCUT2D eigenvalue weighted by molar-refractivity contribution is 0.288. The van der Waals surface area contributed by atoms with Gasteiger partial charge in [-0.3, -0.25) is 0 Å². The van der Waals surface area contributed by atoms with Gasteiger partial charge in [0.05, 0.1) is 11.0 Å². The number of aryl methyl sites for hydroxylation is 1. The van der Waals surface area contributed by atoms with E-state index in [1.807, 2.05) is 0 Å². The van der Waals surface area contributed by atoms with Crippen molar-refractivity contribution in [1.82, 2.24) is 14.5 Å². The number of rotatable bonds is 7. The molecule has 0 saturated carbocycles. The lowest BCUT2D eigenvalue weighted by atomic mass is 10.1. The molecule has 0 fully saturated rings. The fourth-order valence-corrected chi connectivity index (χ4v) is 3.34. The largest absolute Gasteiger partial charge is 0.331 e. The molecule has 2 rings (SSSR count). The number of aromatic amines is 1. The smallest absolute Gasteiger partial charge is 0.178 e. The molecule has 0 aliphatic heterocycles. The molecular formula is C17H27N3S. The van der Waals surface area contributed by atoms with Crippen LogP contribution in [0.4, 0.5) is 0 Å². The molecule has 0 bridgehead atoms. The Morgan fingerprint density at radius 1 is 1.29 bits per heavy atom. The normalized spacial score (nSPS) is 13.2. The molecule has 116 valence electrons. The van der Waals surface area contributed by atoms with Gasteiger partial charge in [0.2, 0.25) is 0 Å². The number of imidazole rings is 1. The van der Waals surface area contributed by atoms with Crippen LogP contribution in [0.25, 0.3) is 11.0 Å². The Labute approximate surface area is 133 Å². The van der Waals surface area contributed by atoms with Crippen LogP contribution in [0.2, 0.25) is 0 Å². The summed E-state index contributed by atoms with van der Waals surface area (Å²) in [4.78, 5) is 5.80. The molecule has 3 nitrogen and oxygen atoms in total. The molecule has 0 saturated heterocycles. The topological polar surface area (TPSA) is 24.0 Å². The van der Waals surface area contributed by atoms with Crippen molar-refractivity contribution < 1.29 is 0 Å². The van der Waals surface area contributed by atoms with E-state index in [-0.39, 0.29) is 0 Å². The molecule has 0 aliphatic rings. The molecule has 0 amide bonds. The molecule has 21 heavy (non-hydrogen) atoms. The first kappa shape index (κ1) is 16.2. The molecule has 1 N–H and O–H groups in total. The van der Waals surface area contributed by atoms with Crippen molar-refractivity contribution in [2.75, 3.05) is 19.6 Å². The molecule has 2 aromatic rings. The van der Waals surface area contributed by atoms with Crippen LogP contribution >= 0.6 is 12.2 Å². The second-order valence-electron chi connectivity index (χ2n) is 5.84. The monoisotopic (exact) mass is 305 g/mol. The van der Waals surface area contributed by atoms with E-state index in [9.17, 15) is 0 Å². The van der Waals surface area contributed by atoms with Gasteiger partial charge in [-0.15, -0.1) is 0 Å². The van der Waals surface area contributed by atoms with E-state index < -0.39 is 0 Å². The number of hydrogen-bond donors (Lipinski definition) is 1. The van der Waals surface area contributed by atoms with Gasteiger partial charge >= 0.3 is 0 Å². The Morgan fingerprint density at radius 2 is 2.00 bits per heavy atom. The van der Waals surface area contributed by atoms with Crippen molar-refractivity contribution in [3.63, 3.8) is 0 Å². The summed E-state index contributed by atoms with van der Waals surface area (Å²) in [7, 11) is 0. The van der Waals surface area contributed by atoms with Crippen LogP contribution in [0.1, 0.15) is 45.2 Å². The zero-order chi connectivity index (χ0) is 15.4. The van der Waals surface area contributed by atoms with Gasteiger partial charge in [-0.05, 0) is 76.2 Å². The van der Waals surface area contributed by atoms with E-state index >= 15 is 0 Å². The number of nitrogens with one attached hydrogen (secondary N) is 1. The number of aromatic nitrogens is 2. The number of H-pyrrole nitrogens is 1. The Kier molecular flexibility index (Phi) is 5.59. The van der Waals surface area contributed by atoms with Gasteiger partial charge in [0.1, 0.15) is 0 Å². The van der Waals surface area contributed by atoms with Gasteiger partial charge < -0.3 is 14.5 Å². The minimum atomic E-state index is 0.434. The molecule has 1 aromatic heterocycles. The number of benzene rings is 1. The third kappa shape index (κ3) is 3.74. The minimum absolute atomic E-state index is 0.434. The number of hydrogen-bond acceptors (Lipinski definition) is 2. The first-order valence-corrected chi connectivity index (χ1v) is 8.40. The maximum atomic E-state index is 5.52. The van der Waals surface area contributed by atoms with Gasteiger partial charge in [-0.2, -0.15) is 0 Å². The quantitative estimate of drug-likeness (QED) is 0.750. The van der Waals surface area contributed by atoms with Crippen LogP contribution < -0.4 is 0 Å². The molecule has 1 atom stereocenters. The highest BCUT2D eigenvalue weighted by Gasteiger charge is 2.11. The average Bonchev–Trinajstić information content (AvgIpc) is 2.78. The van der Waals surface area contributed by atoms with E-state index in [0.717, 1.165) is 29.8 Å². The second-order valence-corrected chi connectivity index (χ2v) is 6.23. The third-order valence-corrected chi connectivity index (χ3v) is 4.60. The van der Waals surface area contributed by atoms with Crippen molar-refractivity contribution in [3.8, 4) is 0 Å². The molecule has 1 unspecified atom stereocenters. The van der Waals surface area contributed by atoms with Gasteiger partial charge in [-0.1, -0.05) is 19.9 Å². The summed E-state index contributed by atoms with van der Waals surface area (Å²) in [5.74, 6) is 0. The van der Waals surface area contributed by atoms with E-state index in [1.54, 1.807) is 0 Å². The number of nitrogens with zero attached hydrogens (tertiary/aromatic N) is 2. The lowest BCUT2D eigenvalue weighted by Crippen LogP contribution is -2.24. The highest BCUT2D eigenvalue weighted by Crippen LogP contribution is 2.23. The van der Waals surface area contributed by atoms with Crippen molar-refractivity contribution in [3.05, 3.63) is 28.5 Å². The Bertz CT molecular complexity index is 637. The highest BCUT2D eigenvalue weighted by molar-refractivity contribution is 7.71. The molecule has 0 radical (unpaired) electrons. The maximum absolute atomic E-state index is 5.52. The summed E-state index contributed by atoms with van der Waals surface area (Å²) in [5.41, 5.74) is 3.65. The van der Waals surface area contributed by atoms with Crippen LogP contribution in [0.3, 0.4) is 0 Å². The van der Waals surface area contributed by atoms with Crippen molar-refractivity contribution in [2.45, 2.75) is 46.6 Å². The van der Waals surface area contributed by atoms with Gasteiger partial charge in [0, 0.05) is 6.04 Å². The van der Waals surface area contributed by atoms with Crippen LogP contribution in [0.15, 0.2) is 18.2 Å². The van der Waals surface area contributed by atoms with Crippen LogP contribution in [-0.4, -0.2) is 34.1 Å². The summed E-state index contributed by atoms with van der Waals surface area (Å²) < 4.78 is 3.12. The third-order valence-electron chi connectivity index (χ3n) is 4.30. The zero-order valence-electron chi connectivity index (χ0n) is 13.6. The fraction of sp³-hybridized carbons (Fsp3) is 0.588. The summed E-state index contributed by atoms with van der Waals surface area (Å²) >= 11 is 5.52.